The van der Waals surface area contributed by atoms with Crippen molar-refractivity contribution in [2.75, 3.05) is 30.2 Å². The fraction of sp³-hybridized carbons (Fsp3) is 0.571. The first kappa shape index (κ1) is 27.5. The number of carbonyl (C=O) groups excluding carboxylic acids is 3. The first-order valence-corrected chi connectivity index (χ1v) is 12.7. The Morgan fingerprint density at radius 3 is 2.35 bits per heavy atom. The molecular formula is C21H30ClN3O8S. The van der Waals surface area contributed by atoms with Gasteiger partial charge in [-0.05, 0) is 39.8 Å². The van der Waals surface area contributed by atoms with Crippen LogP contribution in [-0.2, 0) is 24.3 Å². The van der Waals surface area contributed by atoms with E-state index in [-0.39, 0.29) is 34.7 Å². The number of anilines is 1. The van der Waals surface area contributed by atoms with Gasteiger partial charge in [0.2, 0.25) is 10.0 Å². The third kappa shape index (κ3) is 8.24. The van der Waals surface area contributed by atoms with E-state index in [1.54, 1.807) is 32.6 Å². The van der Waals surface area contributed by atoms with Crippen LogP contribution in [0.15, 0.2) is 12.1 Å². The highest BCUT2D eigenvalue weighted by Crippen LogP contribution is 2.35. The number of benzene rings is 1. The van der Waals surface area contributed by atoms with Gasteiger partial charge in [-0.25, -0.2) is 13.2 Å². The van der Waals surface area contributed by atoms with Gasteiger partial charge in [-0.3, -0.25) is 14.3 Å². The lowest BCUT2D eigenvalue weighted by Gasteiger charge is -2.33. The largest absolute Gasteiger partial charge is 0.488 e. The minimum atomic E-state index is -4.11. The number of primary amides is 1. The Morgan fingerprint density at radius 2 is 1.82 bits per heavy atom. The first-order chi connectivity index (χ1) is 15.7. The molecule has 0 radical (unpaired) electrons. The summed E-state index contributed by atoms with van der Waals surface area (Å²) in [5.74, 6) is -2.69. The zero-order valence-corrected chi connectivity index (χ0v) is 21.1. The molecule has 1 saturated heterocycles. The normalized spacial score (nSPS) is 14.9. The Balaban J connectivity index is 2.12. The monoisotopic (exact) mass is 519 g/mol. The van der Waals surface area contributed by atoms with Gasteiger partial charge in [-0.1, -0.05) is 11.6 Å². The molecule has 34 heavy (non-hydrogen) atoms. The van der Waals surface area contributed by atoms with Gasteiger partial charge in [0.25, 0.3) is 5.91 Å². The summed E-state index contributed by atoms with van der Waals surface area (Å²) >= 11 is 6.29. The molecule has 1 aliphatic rings. The van der Waals surface area contributed by atoms with E-state index < -0.39 is 39.3 Å². The fourth-order valence-electron chi connectivity index (χ4n) is 3.18. The fourth-order valence-corrected chi connectivity index (χ4v) is 4.38. The van der Waals surface area contributed by atoms with E-state index >= 15 is 0 Å². The highest BCUT2D eigenvalue weighted by Gasteiger charge is 2.29. The number of piperidine rings is 1. The Kier molecular flexibility index (Phi) is 9.01. The number of ether oxygens (including phenoxy) is 3. The third-order valence-corrected chi connectivity index (χ3v) is 6.02. The van der Waals surface area contributed by atoms with Crippen LogP contribution in [0.3, 0.4) is 0 Å². The molecule has 0 saturated carbocycles. The summed E-state index contributed by atoms with van der Waals surface area (Å²) < 4.78 is 42.5. The van der Waals surface area contributed by atoms with Crippen molar-refractivity contribution in [1.82, 2.24) is 4.90 Å². The van der Waals surface area contributed by atoms with E-state index in [1.165, 1.54) is 12.1 Å². The van der Waals surface area contributed by atoms with Gasteiger partial charge in [0.1, 0.15) is 11.7 Å². The summed E-state index contributed by atoms with van der Waals surface area (Å²) in [5, 5.41) is -0.0419. The summed E-state index contributed by atoms with van der Waals surface area (Å²) in [6, 6.07) is 2.43. The van der Waals surface area contributed by atoms with E-state index in [4.69, 9.17) is 26.8 Å². The third-order valence-electron chi connectivity index (χ3n) is 4.57. The van der Waals surface area contributed by atoms with Crippen molar-refractivity contribution in [3.05, 3.63) is 22.7 Å². The van der Waals surface area contributed by atoms with Crippen molar-refractivity contribution in [3.63, 3.8) is 0 Å². The number of hydrogen-bond acceptors (Lipinski definition) is 8. The standard InChI is InChI=1S/C21H30ClN3O8S/c1-5-31-17(26)12-34(29,30)24-13-10-15(19(23)27)18(16(22)11-13)32-14-6-8-25(9-7-14)20(28)33-21(2,3)4/h10-11,14,24H,5-9,12H2,1-4H3,(H2,23,27). The zero-order chi connectivity index (χ0) is 25.7. The number of rotatable bonds is 8. The molecule has 13 heteroatoms. The molecule has 2 amide bonds. The van der Waals surface area contributed by atoms with E-state index in [0.717, 1.165) is 0 Å². The molecule has 3 N–H and O–H groups in total. The van der Waals surface area contributed by atoms with E-state index in [2.05, 4.69) is 9.46 Å². The summed E-state index contributed by atoms with van der Waals surface area (Å²) in [7, 11) is -4.11. The lowest BCUT2D eigenvalue weighted by atomic mass is 10.1. The molecule has 1 aliphatic heterocycles. The Labute approximate surface area is 203 Å². The van der Waals surface area contributed by atoms with Crippen molar-refractivity contribution in [1.29, 1.82) is 0 Å². The lowest BCUT2D eigenvalue weighted by Crippen LogP contribution is -2.44. The molecule has 0 aromatic heterocycles. The molecular weight excluding hydrogens is 490 g/mol. The molecule has 2 rings (SSSR count). The number of amides is 2. The average Bonchev–Trinajstić information content (AvgIpc) is 2.68. The van der Waals surface area contributed by atoms with Crippen LogP contribution in [0.4, 0.5) is 10.5 Å². The van der Waals surface area contributed by atoms with E-state index in [0.29, 0.717) is 25.9 Å². The maximum atomic E-state index is 12.2. The van der Waals surface area contributed by atoms with Crippen LogP contribution >= 0.6 is 11.6 Å². The average molecular weight is 520 g/mol. The van der Waals surface area contributed by atoms with Crippen LogP contribution in [0.2, 0.25) is 5.02 Å². The number of hydrogen-bond donors (Lipinski definition) is 2. The van der Waals surface area contributed by atoms with Gasteiger partial charge < -0.3 is 24.8 Å². The molecule has 1 fully saturated rings. The second-order valence-corrected chi connectivity index (χ2v) is 10.8. The molecule has 0 unspecified atom stereocenters. The maximum Gasteiger partial charge on any atom is 0.410 e. The maximum absolute atomic E-state index is 12.2. The van der Waals surface area contributed by atoms with Crippen LogP contribution in [0.25, 0.3) is 0 Å². The Morgan fingerprint density at radius 1 is 1.21 bits per heavy atom. The van der Waals surface area contributed by atoms with Crippen LogP contribution in [0.1, 0.15) is 50.9 Å². The summed E-state index contributed by atoms with van der Waals surface area (Å²) in [4.78, 5) is 37.3. The van der Waals surface area contributed by atoms with Gasteiger partial charge in [-0.15, -0.1) is 0 Å². The van der Waals surface area contributed by atoms with E-state index in [1.807, 2.05) is 0 Å². The highest BCUT2D eigenvalue weighted by molar-refractivity contribution is 7.93. The molecule has 1 heterocycles. The van der Waals surface area contributed by atoms with Crippen molar-refractivity contribution >= 4 is 45.3 Å². The number of halogens is 1. The van der Waals surface area contributed by atoms with Crippen LogP contribution in [0.5, 0.6) is 5.75 Å². The van der Waals surface area contributed by atoms with Crippen LogP contribution in [-0.4, -0.2) is 68.4 Å². The number of sulfonamides is 1. The van der Waals surface area contributed by atoms with Crippen LogP contribution < -0.4 is 15.2 Å². The summed E-state index contributed by atoms with van der Waals surface area (Å²) in [6.07, 6.45) is 0.144. The highest BCUT2D eigenvalue weighted by atomic mass is 35.5. The van der Waals surface area contributed by atoms with Crippen molar-refractivity contribution in [3.8, 4) is 5.75 Å². The number of carbonyl (C=O) groups is 3. The SMILES string of the molecule is CCOC(=O)CS(=O)(=O)Nc1cc(Cl)c(OC2CCN(C(=O)OC(C)(C)C)CC2)c(C(N)=O)c1. The molecule has 1 aromatic carbocycles. The van der Waals surface area contributed by atoms with Gasteiger partial charge in [0, 0.05) is 25.9 Å². The predicted octanol–water partition coefficient (Wildman–Crippen LogP) is 2.52. The van der Waals surface area contributed by atoms with Crippen molar-refractivity contribution < 1.29 is 37.0 Å². The molecule has 0 bridgehead atoms. The Bertz CT molecular complexity index is 1030. The zero-order valence-electron chi connectivity index (χ0n) is 19.6. The van der Waals surface area contributed by atoms with Crippen molar-refractivity contribution in [2.24, 2.45) is 5.73 Å². The number of nitrogens with one attached hydrogen (secondary N) is 1. The molecule has 11 nitrogen and oxygen atoms in total. The van der Waals surface area contributed by atoms with Gasteiger partial charge in [0.15, 0.2) is 11.5 Å². The molecule has 0 spiro atoms. The molecule has 190 valence electrons. The molecule has 0 atom stereocenters. The summed E-state index contributed by atoms with van der Waals surface area (Å²) in [5.41, 5.74) is 4.67. The second kappa shape index (κ2) is 11.1. The number of nitrogens with two attached hydrogens (primary N) is 1. The summed E-state index contributed by atoms with van der Waals surface area (Å²) in [6.45, 7) is 7.72. The number of nitrogens with zero attached hydrogens (tertiary/aromatic N) is 1. The first-order valence-electron chi connectivity index (χ1n) is 10.6. The van der Waals surface area contributed by atoms with Gasteiger partial charge in [-0.2, -0.15) is 0 Å². The Hall–Kier alpha value is -2.73. The predicted molar refractivity (Wildman–Crippen MR) is 125 cm³/mol. The molecule has 0 aliphatic carbocycles. The molecule has 1 aromatic rings. The number of likely N-dealkylation sites (tertiary alicyclic amines) is 1. The lowest BCUT2D eigenvalue weighted by molar-refractivity contribution is -0.139. The van der Waals surface area contributed by atoms with Gasteiger partial charge >= 0.3 is 12.1 Å². The topological polar surface area (TPSA) is 154 Å². The van der Waals surface area contributed by atoms with Gasteiger partial charge in [0.05, 0.1) is 22.9 Å². The minimum absolute atomic E-state index is 0.0122. The van der Waals surface area contributed by atoms with Crippen molar-refractivity contribution in [2.45, 2.75) is 52.2 Å². The van der Waals surface area contributed by atoms with Crippen LogP contribution in [0, 0.1) is 0 Å². The number of esters is 1. The van der Waals surface area contributed by atoms with E-state index in [9.17, 15) is 22.8 Å². The minimum Gasteiger partial charge on any atom is -0.488 e. The quantitative estimate of drug-likeness (QED) is 0.496. The second-order valence-electron chi connectivity index (χ2n) is 8.65. The smallest absolute Gasteiger partial charge is 0.410 e.